The molecule has 0 unspecified atom stereocenters. The molecule has 13 heteroatoms. The van der Waals surface area contributed by atoms with E-state index in [1.165, 1.54) is 5.57 Å². The Hall–Kier alpha value is -1.85. The van der Waals surface area contributed by atoms with Crippen LogP contribution in [0.3, 0.4) is 0 Å². The van der Waals surface area contributed by atoms with Gasteiger partial charge in [-0.1, -0.05) is 152 Å². The third-order valence-corrected chi connectivity index (χ3v) is 29.0. The number of ether oxygens (including phenoxy) is 4. The van der Waals surface area contributed by atoms with Crippen molar-refractivity contribution < 1.29 is 41.8 Å². The van der Waals surface area contributed by atoms with Gasteiger partial charge in [-0.25, -0.2) is 4.79 Å². The summed E-state index contributed by atoms with van der Waals surface area (Å²) in [5, 5.41) is -0.0416. The summed E-state index contributed by atoms with van der Waals surface area (Å²) in [7, 11) is -5.05. The first kappa shape index (κ1) is 62.2. The fourth-order valence-electron chi connectivity index (χ4n) is 8.31. The molecule has 1 fully saturated rings. The lowest BCUT2D eigenvalue weighted by molar-refractivity contribution is -0.177. The SMILES string of the molecule is C=CC=C[C@H](C)[C@H](OC(N)=O)[C@@H](C)[C@H](O[Si](C)(C)C(C)(C)C)[C@@H](C)CC(C)=C[C@H](C)[C@@H](OCOC)[C@@H](C)C=C[C@H](C[C@@H]1OC(=O)[C@H](C)[C@@H](O[Si](C)(C)C(C)(C)C)[C@H]1C)O[Si](C)(C)C(C)(C)C. The predicted molar refractivity (Wildman–Crippen MR) is 283 cm³/mol. The van der Waals surface area contributed by atoms with Crippen molar-refractivity contribution >= 4 is 37.0 Å². The first-order valence-corrected chi connectivity index (χ1v) is 33.5. The molecule has 66 heavy (non-hydrogen) atoms. The van der Waals surface area contributed by atoms with E-state index in [1.54, 1.807) is 13.2 Å². The fraction of sp³-hybridized carbons (Fsp3) is 0.811. The molecule has 10 nitrogen and oxygen atoms in total. The molecule has 0 saturated carbocycles. The Bertz CT molecular complexity index is 1620. The van der Waals surface area contributed by atoms with Gasteiger partial charge in [0.25, 0.3) is 0 Å². The molecule has 2 N–H and O–H groups in total. The number of nitrogens with two attached hydrogens (primary N) is 1. The third-order valence-electron chi connectivity index (χ3n) is 15.6. The molecule has 0 aromatic heterocycles. The van der Waals surface area contributed by atoms with Crippen molar-refractivity contribution in [1.82, 2.24) is 0 Å². The summed E-state index contributed by atoms with van der Waals surface area (Å²) in [6.07, 6.45) is 11.1. The van der Waals surface area contributed by atoms with Gasteiger partial charge in [0, 0.05) is 43.1 Å². The van der Waals surface area contributed by atoms with E-state index in [0.29, 0.717) is 6.42 Å². The minimum absolute atomic E-state index is 0.00881. The second-order valence-electron chi connectivity index (χ2n) is 24.5. The lowest BCUT2D eigenvalue weighted by Gasteiger charge is -2.47. The van der Waals surface area contributed by atoms with Gasteiger partial charge < -0.3 is 38.0 Å². The van der Waals surface area contributed by atoms with Crippen molar-refractivity contribution in [2.24, 2.45) is 47.2 Å². The Balaban J connectivity index is 3.65. The van der Waals surface area contributed by atoms with Crippen LogP contribution < -0.4 is 5.73 Å². The van der Waals surface area contributed by atoms with E-state index in [9.17, 15) is 9.59 Å². The summed E-state index contributed by atoms with van der Waals surface area (Å²) in [6.45, 7) is 54.8. The number of amides is 1. The molecule has 0 bridgehead atoms. The molecule has 0 aromatic carbocycles. The van der Waals surface area contributed by atoms with Crippen LogP contribution >= 0.6 is 0 Å². The molecule has 0 aliphatic carbocycles. The van der Waals surface area contributed by atoms with Crippen molar-refractivity contribution in [2.45, 2.75) is 222 Å². The monoisotopic (exact) mass is 980 g/mol. The maximum Gasteiger partial charge on any atom is 0.404 e. The van der Waals surface area contributed by atoms with Crippen molar-refractivity contribution in [2.75, 3.05) is 13.9 Å². The summed E-state index contributed by atoms with van der Waals surface area (Å²) in [5.41, 5.74) is 6.89. The van der Waals surface area contributed by atoms with Crippen molar-refractivity contribution in [3.05, 3.63) is 48.6 Å². The van der Waals surface area contributed by atoms with Crippen molar-refractivity contribution in [1.29, 1.82) is 0 Å². The zero-order valence-corrected chi connectivity index (χ0v) is 49.5. The van der Waals surface area contributed by atoms with E-state index >= 15 is 0 Å². The van der Waals surface area contributed by atoms with Gasteiger partial charge in [0.05, 0.1) is 30.3 Å². The summed E-state index contributed by atoms with van der Waals surface area (Å²) in [5.74, 6) is -0.733. The maximum absolute atomic E-state index is 13.5. The molecular formula is C53H101NO9Si3. The second kappa shape index (κ2) is 25.3. The number of rotatable bonds is 25. The van der Waals surface area contributed by atoms with Crippen LogP contribution in [0.1, 0.15) is 131 Å². The number of hydrogen-bond acceptors (Lipinski definition) is 9. The highest BCUT2D eigenvalue weighted by Gasteiger charge is 2.49. The number of carbonyl (C=O) groups is 2. The number of carbonyl (C=O) groups excluding carboxylic acids is 2. The average Bonchev–Trinajstić information content (AvgIpc) is 3.15. The number of esters is 1. The highest BCUT2D eigenvalue weighted by molar-refractivity contribution is 6.75. The molecule has 13 atom stereocenters. The molecule has 0 aromatic rings. The zero-order chi connectivity index (χ0) is 51.6. The third kappa shape index (κ3) is 18.2. The molecular weight excluding hydrogens is 879 g/mol. The fourth-order valence-corrected chi connectivity index (χ4v) is 12.5. The number of cyclic esters (lactones) is 1. The van der Waals surface area contributed by atoms with Gasteiger partial charge in [0.2, 0.25) is 0 Å². The van der Waals surface area contributed by atoms with Gasteiger partial charge in [-0.2, -0.15) is 0 Å². The Morgan fingerprint density at radius 3 is 1.77 bits per heavy atom. The van der Waals surface area contributed by atoms with E-state index in [2.05, 4.69) is 168 Å². The van der Waals surface area contributed by atoms with E-state index in [4.69, 9.17) is 38.0 Å². The molecule has 1 saturated heterocycles. The summed E-state index contributed by atoms with van der Waals surface area (Å²) in [4.78, 5) is 25.8. The van der Waals surface area contributed by atoms with Crippen molar-refractivity contribution in [3.8, 4) is 0 Å². The minimum atomic E-state index is -2.26. The first-order valence-electron chi connectivity index (χ1n) is 24.8. The maximum atomic E-state index is 13.5. The van der Waals surface area contributed by atoms with E-state index < -0.39 is 37.1 Å². The Labute approximate surface area is 408 Å². The van der Waals surface area contributed by atoms with Crippen molar-refractivity contribution in [3.63, 3.8) is 0 Å². The number of hydrogen-bond donors (Lipinski definition) is 1. The molecule has 384 valence electrons. The zero-order valence-electron chi connectivity index (χ0n) is 46.5. The molecule has 0 radical (unpaired) electrons. The highest BCUT2D eigenvalue weighted by Crippen LogP contribution is 2.44. The van der Waals surface area contributed by atoms with Gasteiger partial charge >= 0.3 is 12.1 Å². The van der Waals surface area contributed by atoms with Crippen LogP contribution in [0.5, 0.6) is 0 Å². The number of methoxy groups -OCH3 is 1. The summed E-state index contributed by atoms with van der Waals surface area (Å²) in [6, 6.07) is 0. The van der Waals surface area contributed by atoms with Crippen LogP contribution in [0.4, 0.5) is 4.79 Å². The minimum Gasteiger partial charge on any atom is -0.462 e. The largest absolute Gasteiger partial charge is 0.462 e. The van der Waals surface area contributed by atoms with Crippen LogP contribution in [-0.2, 0) is 37.0 Å². The standard InChI is InChI=1S/C53H101NO9Si3/c1-26-27-28-36(3)46(60-50(54)56)41(8)47(62-65(22,23)52(13,14)15)39(6)32-35(2)31-38(5)45(58-34-57-19)37(4)29-30-43(61-64(20,21)51(10,11)12)33-44-40(7)48(42(9)49(55)59-44)63-66(24,25)53(16,17)18/h26-31,36-48H,1,32-34H2,2-25H3,(H2,54,56)/t36-,37-,38-,39-,40-,41+,42+,43+,44-,45-,46-,47+,48-/m0/s1. The van der Waals surface area contributed by atoms with Crippen LogP contribution in [0.25, 0.3) is 0 Å². The van der Waals surface area contributed by atoms with Gasteiger partial charge in [0.1, 0.15) is 19.0 Å². The molecule has 1 amide bonds. The number of primary amides is 1. The molecule has 0 spiro atoms. The first-order chi connectivity index (χ1) is 29.8. The van der Waals surface area contributed by atoms with E-state index in [-0.39, 0.29) is 99.8 Å². The normalized spacial score (nSPS) is 24.0. The summed E-state index contributed by atoms with van der Waals surface area (Å²) < 4.78 is 45.4. The smallest absolute Gasteiger partial charge is 0.404 e. The van der Waals surface area contributed by atoms with Crippen LogP contribution in [-0.4, -0.2) is 87.5 Å². The Morgan fingerprint density at radius 1 is 0.773 bits per heavy atom. The topological polar surface area (TPSA) is 125 Å². The number of allylic oxidation sites excluding steroid dienone is 3. The summed E-state index contributed by atoms with van der Waals surface area (Å²) >= 11 is 0. The lowest BCUT2D eigenvalue weighted by Crippen LogP contribution is -2.55. The molecule has 1 rings (SSSR count). The quantitative estimate of drug-likeness (QED) is 0.0313. The van der Waals surface area contributed by atoms with Gasteiger partial charge in [-0.15, -0.1) is 0 Å². The molecule has 1 heterocycles. The van der Waals surface area contributed by atoms with Gasteiger partial charge in [-0.05, 0) is 80.6 Å². The van der Waals surface area contributed by atoms with E-state index in [1.807, 2.05) is 26.0 Å². The molecule has 1 aliphatic rings. The highest BCUT2D eigenvalue weighted by atomic mass is 28.4. The lowest BCUT2D eigenvalue weighted by atomic mass is 9.81. The van der Waals surface area contributed by atoms with Crippen LogP contribution in [0.2, 0.25) is 54.4 Å². The van der Waals surface area contributed by atoms with E-state index in [0.717, 1.165) is 6.42 Å². The molecule has 1 aliphatic heterocycles. The van der Waals surface area contributed by atoms with Crippen LogP contribution in [0.15, 0.2) is 48.6 Å². The van der Waals surface area contributed by atoms with Crippen LogP contribution in [0, 0.1) is 41.4 Å². The predicted octanol–water partition coefficient (Wildman–Crippen LogP) is 14.0. The Kier molecular flexibility index (Phi) is 23.9. The van der Waals surface area contributed by atoms with Gasteiger partial charge in [0.15, 0.2) is 25.0 Å². The second-order valence-corrected chi connectivity index (χ2v) is 38.8. The average molecular weight is 981 g/mol. The Morgan fingerprint density at radius 2 is 1.29 bits per heavy atom. The van der Waals surface area contributed by atoms with Gasteiger partial charge in [-0.3, -0.25) is 4.79 Å².